The predicted molar refractivity (Wildman–Crippen MR) is 73.2 cm³/mol. The van der Waals surface area contributed by atoms with E-state index in [-0.39, 0.29) is 5.96 Å². The summed E-state index contributed by atoms with van der Waals surface area (Å²) in [4.78, 5) is 0. The molecule has 17 heavy (non-hydrogen) atoms. The van der Waals surface area contributed by atoms with Crippen molar-refractivity contribution in [3.05, 3.63) is 40.2 Å². The topological polar surface area (TPSA) is 91.2 Å². The largest absolute Gasteiger partial charge is 0.396 e. The first-order valence-corrected chi connectivity index (χ1v) is 5.79. The SMILES string of the molecule is N=C(N(O)c1cccc(I)c1)n1cc(N)cn1. The number of halogens is 1. The number of hydrogen-bond acceptors (Lipinski definition) is 4. The van der Waals surface area contributed by atoms with Crippen LogP contribution >= 0.6 is 22.6 Å². The van der Waals surface area contributed by atoms with Crippen molar-refractivity contribution in [2.24, 2.45) is 0 Å². The van der Waals surface area contributed by atoms with Crippen molar-refractivity contribution in [3.63, 3.8) is 0 Å². The molecule has 88 valence electrons. The van der Waals surface area contributed by atoms with Gasteiger partial charge in [-0.2, -0.15) is 10.2 Å². The summed E-state index contributed by atoms with van der Waals surface area (Å²) in [6.45, 7) is 0. The summed E-state index contributed by atoms with van der Waals surface area (Å²) in [5, 5.41) is 22.2. The van der Waals surface area contributed by atoms with Gasteiger partial charge in [0, 0.05) is 3.57 Å². The summed E-state index contributed by atoms with van der Waals surface area (Å²) in [5.74, 6) is -0.191. The van der Waals surface area contributed by atoms with Gasteiger partial charge in [0.2, 0.25) is 5.96 Å². The zero-order chi connectivity index (χ0) is 12.4. The Kier molecular flexibility index (Phi) is 3.29. The maximum Gasteiger partial charge on any atom is 0.248 e. The van der Waals surface area contributed by atoms with Crippen LogP contribution in [0.25, 0.3) is 0 Å². The third-order valence-electron chi connectivity index (χ3n) is 2.07. The molecule has 0 radical (unpaired) electrons. The number of hydroxylamine groups is 1. The van der Waals surface area contributed by atoms with Gasteiger partial charge >= 0.3 is 0 Å². The lowest BCUT2D eigenvalue weighted by Gasteiger charge is -2.17. The minimum absolute atomic E-state index is 0.191. The minimum Gasteiger partial charge on any atom is -0.396 e. The molecule has 1 aromatic heterocycles. The van der Waals surface area contributed by atoms with Crippen LogP contribution in [-0.2, 0) is 0 Å². The third-order valence-corrected chi connectivity index (χ3v) is 2.74. The molecule has 0 aliphatic carbocycles. The maximum absolute atomic E-state index is 9.88. The van der Waals surface area contributed by atoms with Gasteiger partial charge in [-0.3, -0.25) is 10.6 Å². The fourth-order valence-electron chi connectivity index (χ4n) is 1.28. The van der Waals surface area contributed by atoms with Gasteiger partial charge in [0.05, 0.1) is 23.8 Å². The Hall–Kier alpha value is -1.61. The Morgan fingerprint density at radius 2 is 2.29 bits per heavy atom. The Bertz CT molecular complexity index is 553. The molecule has 1 heterocycles. The number of benzene rings is 1. The molecule has 1 aromatic carbocycles. The van der Waals surface area contributed by atoms with E-state index in [1.54, 1.807) is 18.2 Å². The lowest BCUT2D eigenvalue weighted by Crippen LogP contribution is -2.32. The van der Waals surface area contributed by atoms with Gasteiger partial charge < -0.3 is 5.73 Å². The number of nitrogens with one attached hydrogen (secondary N) is 1. The van der Waals surface area contributed by atoms with Crippen LogP contribution in [0.1, 0.15) is 0 Å². The number of aromatic nitrogens is 2. The molecule has 7 heteroatoms. The zero-order valence-electron chi connectivity index (χ0n) is 8.71. The van der Waals surface area contributed by atoms with E-state index in [1.165, 1.54) is 17.1 Å². The monoisotopic (exact) mass is 343 g/mol. The standard InChI is InChI=1S/C10H10IN5O/c11-7-2-1-3-9(4-7)16(17)10(13)15-6-8(12)5-14-15/h1-6,13,17H,12H2. The van der Waals surface area contributed by atoms with Gasteiger partial charge in [-0.15, -0.1) is 0 Å². The van der Waals surface area contributed by atoms with Gasteiger partial charge in [0.1, 0.15) is 0 Å². The van der Waals surface area contributed by atoms with E-state index in [1.807, 2.05) is 6.07 Å². The second kappa shape index (κ2) is 4.72. The number of nitrogens with two attached hydrogens (primary N) is 1. The lowest BCUT2D eigenvalue weighted by atomic mass is 10.3. The normalized spacial score (nSPS) is 10.2. The molecule has 0 unspecified atom stereocenters. The van der Waals surface area contributed by atoms with Gasteiger partial charge in [-0.1, -0.05) is 6.07 Å². The van der Waals surface area contributed by atoms with Crippen molar-refractivity contribution in [2.45, 2.75) is 0 Å². The van der Waals surface area contributed by atoms with Crippen molar-refractivity contribution < 1.29 is 5.21 Å². The smallest absolute Gasteiger partial charge is 0.248 e. The van der Waals surface area contributed by atoms with Crippen LogP contribution < -0.4 is 10.8 Å². The highest BCUT2D eigenvalue weighted by molar-refractivity contribution is 14.1. The molecular weight excluding hydrogens is 333 g/mol. The number of hydrogen-bond donors (Lipinski definition) is 3. The quantitative estimate of drug-likeness (QED) is 0.318. The molecular formula is C10H10IN5O. The van der Waals surface area contributed by atoms with Crippen LogP contribution in [-0.4, -0.2) is 20.9 Å². The molecule has 4 N–H and O–H groups in total. The first-order chi connectivity index (χ1) is 8.08. The Morgan fingerprint density at radius 3 is 2.88 bits per heavy atom. The van der Waals surface area contributed by atoms with Crippen LogP contribution in [0.5, 0.6) is 0 Å². The number of nitrogens with zero attached hydrogens (tertiary/aromatic N) is 3. The highest BCUT2D eigenvalue weighted by Gasteiger charge is 2.12. The molecule has 0 fully saturated rings. The molecule has 0 amide bonds. The fraction of sp³-hybridized carbons (Fsp3) is 0. The van der Waals surface area contributed by atoms with E-state index in [9.17, 15) is 5.21 Å². The van der Waals surface area contributed by atoms with Crippen LogP contribution in [0.3, 0.4) is 0 Å². The maximum atomic E-state index is 9.88. The molecule has 2 rings (SSSR count). The van der Waals surface area contributed by atoms with Crippen molar-refractivity contribution in [1.82, 2.24) is 9.78 Å². The molecule has 6 nitrogen and oxygen atoms in total. The van der Waals surface area contributed by atoms with Crippen molar-refractivity contribution in [1.29, 1.82) is 5.41 Å². The zero-order valence-corrected chi connectivity index (χ0v) is 10.9. The first-order valence-electron chi connectivity index (χ1n) is 4.71. The summed E-state index contributed by atoms with van der Waals surface area (Å²) in [6.07, 6.45) is 2.87. The lowest BCUT2D eigenvalue weighted by molar-refractivity contribution is 0.306. The van der Waals surface area contributed by atoms with E-state index < -0.39 is 0 Å². The Balaban J connectivity index is 2.26. The summed E-state index contributed by atoms with van der Waals surface area (Å²) in [6, 6.07) is 7.14. The van der Waals surface area contributed by atoms with Crippen molar-refractivity contribution in [3.8, 4) is 0 Å². The van der Waals surface area contributed by atoms with Crippen LogP contribution in [0, 0.1) is 8.98 Å². The van der Waals surface area contributed by atoms with Crippen molar-refractivity contribution in [2.75, 3.05) is 10.8 Å². The van der Waals surface area contributed by atoms with E-state index in [0.29, 0.717) is 11.4 Å². The molecule has 0 spiro atoms. The van der Waals surface area contributed by atoms with E-state index in [4.69, 9.17) is 11.1 Å². The predicted octanol–water partition coefficient (Wildman–Crippen LogP) is 1.75. The Labute approximate surface area is 111 Å². The summed E-state index contributed by atoms with van der Waals surface area (Å²) >= 11 is 2.13. The van der Waals surface area contributed by atoms with Crippen LogP contribution in [0.2, 0.25) is 0 Å². The Morgan fingerprint density at radius 1 is 1.53 bits per heavy atom. The van der Waals surface area contributed by atoms with Crippen LogP contribution in [0.15, 0.2) is 36.7 Å². The van der Waals surface area contributed by atoms with Gasteiger partial charge in [-0.05, 0) is 40.8 Å². The number of rotatable bonds is 1. The van der Waals surface area contributed by atoms with Crippen molar-refractivity contribution >= 4 is 39.9 Å². The third kappa shape index (κ3) is 2.56. The molecule has 0 atom stereocenters. The van der Waals surface area contributed by atoms with Crippen LogP contribution in [0.4, 0.5) is 11.4 Å². The first kappa shape index (κ1) is 11.9. The average molecular weight is 343 g/mol. The van der Waals surface area contributed by atoms with E-state index in [2.05, 4.69) is 27.7 Å². The van der Waals surface area contributed by atoms with Gasteiger partial charge in [0.25, 0.3) is 0 Å². The van der Waals surface area contributed by atoms with E-state index in [0.717, 1.165) is 8.63 Å². The highest BCUT2D eigenvalue weighted by atomic mass is 127. The average Bonchev–Trinajstić information content (AvgIpc) is 2.74. The molecule has 0 saturated carbocycles. The number of anilines is 2. The van der Waals surface area contributed by atoms with E-state index >= 15 is 0 Å². The summed E-state index contributed by atoms with van der Waals surface area (Å²) in [5.41, 5.74) is 6.43. The molecule has 2 aromatic rings. The summed E-state index contributed by atoms with van der Waals surface area (Å²) < 4.78 is 2.15. The molecule has 0 saturated heterocycles. The second-order valence-corrected chi connectivity index (χ2v) is 4.58. The molecule has 0 aliphatic rings. The van der Waals surface area contributed by atoms with Gasteiger partial charge in [0.15, 0.2) is 0 Å². The number of nitrogen functional groups attached to an aromatic ring is 1. The minimum atomic E-state index is -0.191. The highest BCUT2D eigenvalue weighted by Crippen LogP contribution is 2.16. The van der Waals surface area contributed by atoms with Gasteiger partial charge in [-0.25, -0.2) is 4.68 Å². The fourth-order valence-corrected chi connectivity index (χ4v) is 1.81. The second-order valence-electron chi connectivity index (χ2n) is 3.33. The molecule has 0 bridgehead atoms. The summed E-state index contributed by atoms with van der Waals surface area (Å²) in [7, 11) is 0. The molecule has 0 aliphatic heterocycles.